The van der Waals surface area contributed by atoms with Crippen LogP contribution in [0.15, 0.2) is 185 Å². The summed E-state index contributed by atoms with van der Waals surface area (Å²) in [7, 11) is 1.59. The van der Waals surface area contributed by atoms with Gasteiger partial charge < -0.3 is 27.4 Å². The largest absolute Gasteiger partial charge is 0.369 e. The highest BCUT2D eigenvalue weighted by molar-refractivity contribution is 6.30. The second-order valence-electron chi connectivity index (χ2n) is 22.4. The second-order valence-corrected chi connectivity index (χ2v) is 22.9. The number of amides is 5. The summed E-state index contributed by atoms with van der Waals surface area (Å²) in [6, 6.07) is 45.9. The van der Waals surface area contributed by atoms with Crippen molar-refractivity contribution < 1.29 is 28.4 Å². The number of hydrogen-bond acceptors (Lipinski definition) is 13. The van der Waals surface area contributed by atoms with Crippen molar-refractivity contribution in [3.05, 3.63) is 209 Å². The summed E-state index contributed by atoms with van der Waals surface area (Å²) in [5.74, 6) is 0.186. The summed E-state index contributed by atoms with van der Waals surface area (Å²) in [5, 5.41) is 3.48. The minimum Gasteiger partial charge on any atom is -0.369 e. The Labute approximate surface area is 510 Å². The van der Waals surface area contributed by atoms with Crippen molar-refractivity contribution in [2.75, 3.05) is 38.5 Å². The third kappa shape index (κ3) is 12.4. The van der Waals surface area contributed by atoms with Gasteiger partial charge in [-0.25, -0.2) is 24.4 Å². The van der Waals surface area contributed by atoms with Crippen LogP contribution in [0, 0.1) is 17.7 Å². The molecule has 5 heterocycles. The first-order valence-electron chi connectivity index (χ1n) is 29.1. The van der Waals surface area contributed by atoms with Gasteiger partial charge in [-0.15, -0.1) is 0 Å². The Morgan fingerprint density at radius 2 is 1.26 bits per heavy atom. The van der Waals surface area contributed by atoms with E-state index in [9.17, 15) is 28.4 Å². The minimum atomic E-state index is -1.31. The number of benzene rings is 6. The molecule has 1 aliphatic carbocycles. The van der Waals surface area contributed by atoms with E-state index in [1.165, 1.54) is 35.6 Å². The fourth-order valence-electron chi connectivity index (χ4n) is 11.6. The van der Waals surface area contributed by atoms with E-state index in [1.54, 1.807) is 61.0 Å². The lowest BCUT2D eigenvalue weighted by atomic mass is 9.82. The van der Waals surface area contributed by atoms with E-state index in [1.807, 2.05) is 108 Å². The van der Waals surface area contributed by atoms with Crippen molar-refractivity contribution in [2.45, 2.75) is 75.9 Å². The number of piperidine rings is 1. The molecule has 12 rings (SSSR count). The normalized spacial score (nSPS) is 20.9. The van der Waals surface area contributed by atoms with Gasteiger partial charge in [-0.05, 0) is 144 Å². The van der Waals surface area contributed by atoms with Crippen LogP contribution in [0.25, 0.3) is 22.3 Å². The number of likely N-dealkylation sites (tertiary alicyclic amines) is 1. The van der Waals surface area contributed by atoms with E-state index in [0.29, 0.717) is 54.0 Å². The van der Waals surface area contributed by atoms with Crippen molar-refractivity contribution >= 4 is 64.7 Å². The molecule has 1 aromatic heterocycles. The molecule has 4 aliphatic heterocycles. The van der Waals surface area contributed by atoms with Gasteiger partial charge >= 0.3 is 0 Å². The number of hydrogen-bond donors (Lipinski definition) is 4. The van der Waals surface area contributed by atoms with E-state index in [4.69, 9.17) is 33.8 Å². The van der Waals surface area contributed by atoms with Crippen molar-refractivity contribution in [3.8, 4) is 22.3 Å². The number of nitrogens with two attached hydrogens (primary N) is 3. The zero-order valence-corrected chi connectivity index (χ0v) is 49.7. The van der Waals surface area contributed by atoms with Crippen molar-refractivity contribution in [3.63, 3.8) is 0 Å². The van der Waals surface area contributed by atoms with Crippen LogP contribution in [0.1, 0.15) is 92.0 Å². The molecule has 87 heavy (non-hydrogen) atoms. The van der Waals surface area contributed by atoms with Crippen molar-refractivity contribution in [1.29, 1.82) is 0 Å². The molecule has 446 valence electrons. The maximum Gasteiger partial charge on any atom is 0.275 e. The SMILES string of the molecule is CC(=O)N1CCC(CN2C(=O)C(C)(c3cccc(-c4cccc(F)c4)c3)N=C2N)CC1.CCCCN1C(=O)C(c2cccc(-c3cccc(Cl)c3)c2)(C2CC2)N=C1N.CN1C(=O)C(c2ccccc2)(c2cccc(NC(=O)c3cnccn3)c2)N=C1N. The van der Waals surface area contributed by atoms with E-state index in [0.717, 1.165) is 71.9 Å². The van der Waals surface area contributed by atoms with Gasteiger partial charge in [0.2, 0.25) is 5.91 Å². The topological polar surface area (TPSA) is 251 Å². The van der Waals surface area contributed by atoms with Crippen molar-refractivity contribution in [1.82, 2.24) is 29.6 Å². The van der Waals surface area contributed by atoms with E-state index in [2.05, 4.69) is 38.3 Å². The molecule has 1 saturated carbocycles. The van der Waals surface area contributed by atoms with Gasteiger partial charge in [0.25, 0.3) is 23.6 Å². The van der Waals surface area contributed by atoms with Crippen LogP contribution in [0.5, 0.6) is 0 Å². The lowest BCUT2D eigenvalue weighted by Gasteiger charge is -2.33. The number of nitrogens with one attached hydrogen (secondary N) is 1. The summed E-state index contributed by atoms with van der Waals surface area (Å²) in [6.45, 7) is 7.99. The molecule has 20 heteroatoms. The lowest BCUT2D eigenvalue weighted by Crippen LogP contribution is -2.46. The summed E-state index contributed by atoms with van der Waals surface area (Å²) >= 11 is 6.16. The molecule has 3 atom stereocenters. The fourth-order valence-corrected chi connectivity index (χ4v) is 11.8. The molecule has 5 aliphatic rings. The number of carbonyl (C=O) groups excluding carboxylic acids is 5. The number of rotatable bonds is 14. The Kier molecular flexibility index (Phi) is 17.8. The van der Waals surface area contributed by atoms with Gasteiger partial charge in [-0.1, -0.05) is 128 Å². The molecular formula is C67H69ClFN13O5. The quantitative estimate of drug-likeness (QED) is 0.0802. The van der Waals surface area contributed by atoms with Crippen LogP contribution >= 0.6 is 11.6 Å². The number of aromatic nitrogens is 2. The average Bonchev–Trinajstić information content (AvgIpc) is 1.71. The van der Waals surface area contributed by atoms with E-state index >= 15 is 0 Å². The number of carbonyl (C=O) groups is 5. The monoisotopic (exact) mass is 1190 g/mol. The predicted octanol–water partition coefficient (Wildman–Crippen LogP) is 9.45. The highest BCUT2D eigenvalue weighted by Gasteiger charge is 2.58. The van der Waals surface area contributed by atoms with Gasteiger partial charge in [0, 0.05) is 63.3 Å². The third-order valence-corrected chi connectivity index (χ3v) is 16.9. The van der Waals surface area contributed by atoms with Gasteiger partial charge in [0.1, 0.15) is 11.5 Å². The minimum absolute atomic E-state index is 0.0270. The molecule has 0 radical (unpaired) electrons. The van der Waals surface area contributed by atoms with Crippen LogP contribution in [0.3, 0.4) is 0 Å². The molecule has 18 nitrogen and oxygen atoms in total. The number of nitrogens with zero attached hydrogens (tertiary/aromatic N) is 9. The number of anilines is 1. The van der Waals surface area contributed by atoms with Gasteiger partial charge in [0.05, 0.1) is 6.20 Å². The summed E-state index contributed by atoms with van der Waals surface area (Å²) in [5.41, 5.74) is 22.3. The molecule has 3 unspecified atom stereocenters. The maximum absolute atomic E-state index is 13.7. The summed E-state index contributed by atoms with van der Waals surface area (Å²) in [6.07, 6.45) is 9.93. The summed E-state index contributed by atoms with van der Waals surface area (Å²) in [4.78, 5) is 92.2. The van der Waals surface area contributed by atoms with Crippen LogP contribution in [-0.2, 0) is 35.8 Å². The molecule has 1 saturated heterocycles. The fraction of sp³-hybridized carbons (Fsp3) is 0.284. The number of unbranched alkanes of at least 4 members (excludes halogenated alkanes) is 1. The highest BCUT2D eigenvalue weighted by Crippen LogP contribution is 2.52. The van der Waals surface area contributed by atoms with Crippen molar-refractivity contribution in [2.24, 2.45) is 44.0 Å². The molecule has 0 spiro atoms. The first kappa shape index (κ1) is 60.5. The Hall–Kier alpha value is -9.62. The molecule has 5 amide bonds. The lowest BCUT2D eigenvalue weighted by molar-refractivity contribution is -0.133. The van der Waals surface area contributed by atoms with E-state index < -0.39 is 22.5 Å². The molecule has 6 aromatic carbocycles. The standard InChI is InChI=1S/C24H27FN4O2.C22H24ClN3O.C21H18N6O2/c1-16(30)28-11-9-17(10-12-28)15-29-22(31)24(2,27-23(29)26)20-7-3-5-18(13-20)19-6-4-8-21(25)14-19;1-2-3-12-26-20(27)22(17-10-11-17,25-21(26)24)18-8-4-6-15(13-18)16-7-5-9-19(23)14-16;1-27-19(29)21(26-20(27)22,14-6-3-2-4-7-14)15-8-5-9-16(12-15)25-18(28)17-13-23-10-11-24-17/h3-8,13-14,17H,9-12,15H2,1-2H3,(H2,26,27);4-9,13-14,17H,2-3,10-12H2,1H3,(H2,24,25);2-13H,1H3,(H2,22,26)(H,25,28). The predicted molar refractivity (Wildman–Crippen MR) is 335 cm³/mol. The zero-order valence-electron chi connectivity index (χ0n) is 48.9. The molecule has 2 fully saturated rings. The Morgan fingerprint density at radius 3 is 1.89 bits per heavy atom. The molecule has 7 N–H and O–H groups in total. The van der Waals surface area contributed by atoms with Crippen LogP contribution in [-0.4, -0.2) is 110 Å². The number of aliphatic imine (C=N–C) groups is 3. The summed E-state index contributed by atoms with van der Waals surface area (Å²) < 4.78 is 13.7. The van der Waals surface area contributed by atoms with Gasteiger partial charge in [-0.3, -0.25) is 43.7 Å². The van der Waals surface area contributed by atoms with Crippen LogP contribution in [0.2, 0.25) is 5.02 Å². The molecule has 0 bridgehead atoms. The van der Waals surface area contributed by atoms with Crippen LogP contribution < -0.4 is 22.5 Å². The average molecular weight is 1190 g/mol. The molecule has 7 aromatic rings. The number of guanidine groups is 3. The zero-order chi connectivity index (χ0) is 61.6. The number of halogens is 2. The van der Waals surface area contributed by atoms with Gasteiger partial charge in [0.15, 0.2) is 34.5 Å². The highest BCUT2D eigenvalue weighted by atomic mass is 35.5. The first-order valence-corrected chi connectivity index (χ1v) is 29.4. The molecular weight excluding hydrogens is 1120 g/mol. The van der Waals surface area contributed by atoms with E-state index in [-0.39, 0.29) is 58.9 Å². The Bertz CT molecular complexity index is 3840. The Balaban J connectivity index is 0.000000145. The van der Waals surface area contributed by atoms with Gasteiger partial charge in [-0.2, -0.15) is 0 Å². The first-order chi connectivity index (χ1) is 41.9. The Morgan fingerprint density at radius 1 is 0.655 bits per heavy atom. The smallest absolute Gasteiger partial charge is 0.275 e. The second kappa shape index (κ2) is 25.5. The third-order valence-electron chi connectivity index (χ3n) is 16.6. The number of likely N-dealkylation sites (N-methyl/N-ethyl adjacent to an activating group) is 1. The van der Waals surface area contributed by atoms with Crippen LogP contribution in [0.4, 0.5) is 10.1 Å². The maximum atomic E-state index is 13.7.